The molecule has 0 bridgehead atoms. The number of methoxy groups -OCH3 is 1. The molecule has 0 radical (unpaired) electrons. The maximum absolute atomic E-state index is 13.0. The van der Waals surface area contributed by atoms with Gasteiger partial charge in [0.2, 0.25) is 0 Å². The van der Waals surface area contributed by atoms with Gasteiger partial charge in [-0.15, -0.1) is 0 Å². The third-order valence-corrected chi connectivity index (χ3v) is 4.98. The Kier molecular flexibility index (Phi) is 6.42. The van der Waals surface area contributed by atoms with Crippen molar-refractivity contribution in [2.24, 2.45) is 0 Å². The standard InChI is InChI=1S/C24H22N2O5S/c1-3-29-20-9-5-4-8-19(20)26-23(27)18(25-24(26)32)14-16-12-13-17(31-16)15-30-22-11-7-6-10-21(22)28-2/h4-14H,3,15H2,1-2H3,(H,25,32)/b18-14+. The average molecular weight is 451 g/mol. The number of rotatable bonds is 8. The van der Waals surface area contributed by atoms with Gasteiger partial charge in [-0.3, -0.25) is 4.79 Å². The van der Waals surface area contributed by atoms with Crippen molar-refractivity contribution in [1.29, 1.82) is 0 Å². The number of para-hydroxylation sites is 4. The fourth-order valence-corrected chi connectivity index (χ4v) is 3.54. The Morgan fingerprint density at radius 2 is 1.72 bits per heavy atom. The van der Waals surface area contributed by atoms with Gasteiger partial charge in [0.15, 0.2) is 16.6 Å². The molecule has 0 atom stereocenters. The van der Waals surface area contributed by atoms with Gasteiger partial charge in [-0.25, -0.2) is 4.90 Å². The Morgan fingerprint density at radius 1 is 1.00 bits per heavy atom. The lowest BCUT2D eigenvalue weighted by molar-refractivity contribution is -0.113. The zero-order chi connectivity index (χ0) is 22.5. The van der Waals surface area contributed by atoms with Crippen molar-refractivity contribution >= 4 is 35.0 Å². The number of benzene rings is 2. The number of carbonyl (C=O) groups excluding carboxylic acids is 1. The normalized spacial score (nSPS) is 14.6. The van der Waals surface area contributed by atoms with E-state index in [0.29, 0.717) is 46.8 Å². The highest BCUT2D eigenvalue weighted by molar-refractivity contribution is 7.80. The molecule has 0 saturated carbocycles. The number of carbonyl (C=O) groups is 1. The van der Waals surface area contributed by atoms with Crippen LogP contribution < -0.4 is 24.4 Å². The second kappa shape index (κ2) is 9.57. The molecule has 1 amide bonds. The van der Waals surface area contributed by atoms with Crippen LogP contribution in [0.2, 0.25) is 0 Å². The Labute approximate surface area is 191 Å². The number of furan rings is 1. The highest BCUT2D eigenvalue weighted by Crippen LogP contribution is 2.32. The molecule has 0 aliphatic carbocycles. The summed E-state index contributed by atoms with van der Waals surface area (Å²) < 4.78 is 22.5. The first kappa shape index (κ1) is 21.5. The molecule has 2 aromatic carbocycles. The van der Waals surface area contributed by atoms with Gasteiger partial charge in [0.25, 0.3) is 5.91 Å². The minimum absolute atomic E-state index is 0.219. The maximum atomic E-state index is 13.0. The van der Waals surface area contributed by atoms with Gasteiger partial charge < -0.3 is 23.9 Å². The molecule has 7 nitrogen and oxygen atoms in total. The molecule has 2 heterocycles. The van der Waals surface area contributed by atoms with Crippen LogP contribution >= 0.6 is 12.2 Å². The summed E-state index contributed by atoms with van der Waals surface area (Å²) in [4.78, 5) is 14.5. The zero-order valence-corrected chi connectivity index (χ0v) is 18.5. The summed E-state index contributed by atoms with van der Waals surface area (Å²) in [5.74, 6) is 2.67. The van der Waals surface area contributed by atoms with Crippen LogP contribution in [0.25, 0.3) is 6.08 Å². The quantitative estimate of drug-likeness (QED) is 0.399. The Bertz CT molecular complexity index is 1170. The van der Waals surface area contributed by atoms with Crippen LogP contribution in [0.4, 0.5) is 5.69 Å². The monoisotopic (exact) mass is 450 g/mol. The first-order chi connectivity index (χ1) is 15.6. The second-order valence-corrected chi connectivity index (χ2v) is 7.16. The fraction of sp³-hybridized carbons (Fsp3) is 0.167. The lowest BCUT2D eigenvalue weighted by Gasteiger charge is -2.17. The molecule has 1 saturated heterocycles. The van der Waals surface area contributed by atoms with Crippen molar-refractivity contribution in [2.75, 3.05) is 18.6 Å². The number of nitrogens with one attached hydrogen (secondary N) is 1. The number of nitrogens with zero attached hydrogens (tertiary/aromatic N) is 1. The maximum Gasteiger partial charge on any atom is 0.281 e. The van der Waals surface area contributed by atoms with Gasteiger partial charge >= 0.3 is 0 Å². The van der Waals surface area contributed by atoms with E-state index in [9.17, 15) is 4.79 Å². The summed E-state index contributed by atoms with van der Waals surface area (Å²) in [5.41, 5.74) is 0.901. The lowest BCUT2D eigenvalue weighted by Crippen LogP contribution is -2.30. The second-order valence-electron chi connectivity index (χ2n) is 6.77. The summed E-state index contributed by atoms with van der Waals surface area (Å²) in [6, 6.07) is 18.2. The molecule has 1 aromatic heterocycles. The van der Waals surface area contributed by atoms with E-state index in [-0.39, 0.29) is 17.6 Å². The number of hydrogen-bond donors (Lipinski definition) is 1. The summed E-state index contributed by atoms with van der Waals surface area (Å²) in [5, 5.41) is 3.24. The zero-order valence-electron chi connectivity index (χ0n) is 17.7. The van der Waals surface area contributed by atoms with Gasteiger partial charge in [0.1, 0.15) is 29.6 Å². The molecule has 0 unspecified atom stereocenters. The van der Waals surface area contributed by atoms with Gasteiger partial charge in [-0.2, -0.15) is 0 Å². The summed E-state index contributed by atoms with van der Waals surface area (Å²) in [6.07, 6.45) is 1.62. The van der Waals surface area contributed by atoms with Crippen LogP contribution in [-0.2, 0) is 11.4 Å². The van der Waals surface area contributed by atoms with Crippen molar-refractivity contribution in [3.63, 3.8) is 0 Å². The third-order valence-electron chi connectivity index (χ3n) is 4.69. The molecular formula is C24H22N2O5S. The van der Waals surface area contributed by atoms with Crippen molar-refractivity contribution < 1.29 is 23.4 Å². The molecule has 1 aliphatic heterocycles. The molecule has 8 heteroatoms. The molecule has 1 fully saturated rings. The SMILES string of the molecule is CCOc1ccccc1N1C(=O)/C(=C\c2ccc(COc3ccccc3OC)o2)NC1=S. The van der Waals surface area contributed by atoms with Gasteiger partial charge in [0, 0.05) is 6.08 Å². The molecular weight excluding hydrogens is 428 g/mol. The molecule has 164 valence electrons. The van der Waals surface area contributed by atoms with Crippen molar-refractivity contribution in [2.45, 2.75) is 13.5 Å². The fourth-order valence-electron chi connectivity index (χ4n) is 3.25. The molecule has 1 N–H and O–H groups in total. The minimum atomic E-state index is -0.287. The van der Waals surface area contributed by atoms with E-state index >= 15 is 0 Å². The topological polar surface area (TPSA) is 73.2 Å². The summed E-state index contributed by atoms with van der Waals surface area (Å²) in [7, 11) is 1.59. The number of anilines is 1. The van der Waals surface area contributed by atoms with Crippen LogP contribution in [0.3, 0.4) is 0 Å². The summed E-state index contributed by atoms with van der Waals surface area (Å²) in [6.45, 7) is 2.59. The van der Waals surface area contributed by atoms with Gasteiger partial charge in [-0.05, 0) is 55.5 Å². The third kappa shape index (κ3) is 4.45. The predicted octanol–water partition coefficient (Wildman–Crippen LogP) is 4.53. The van der Waals surface area contributed by atoms with E-state index in [0.717, 1.165) is 0 Å². The van der Waals surface area contributed by atoms with Gasteiger partial charge in [0.05, 0.1) is 19.4 Å². The first-order valence-electron chi connectivity index (χ1n) is 10.0. The minimum Gasteiger partial charge on any atom is -0.493 e. The Hall–Kier alpha value is -3.78. The van der Waals surface area contributed by atoms with Crippen LogP contribution in [0.1, 0.15) is 18.4 Å². The van der Waals surface area contributed by atoms with E-state index in [1.54, 1.807) is 37.5 Å². The molecule has 1 aliphatic rings. The lowest BCUT2D eigenvalue weighted by atomic mass is 10.2. The largest absolute Gasteiger partial charge is 0.493 e. The van der Waals surface area contributed by atoms with E-state index < -0.39 is 0 Å². The van der Waals surface area contributed by atoms with Crippen LogP contribution in [0, 0.1) is 0 Å². The molecule has 0 spiro atoms. The highest BCUT2D eigenvalue weighted by atomic mass is 32.1. The Balaban J connectivity index is 1.49. The van der Waals surface area contributed by atoms with Crippen LogP contribution in [0.5, 0.6) is 17.2 Å². The number of ether oxygens (including phenoxy) is 3. The predicted molar refractivity (Wildman–Crippen MR) is 125 cm³/mol. The van der Waals surface area contributed by atoms with E-state index in [2.05, 4.69) is 5.32 Å². The van der Waals surface area contributed by atoms with Crippen LogP contribution in [-0.4, -0.2) is 24.7 Å². The number of hydrogen-bond acceptors (Lipinski definition) is 6. The van der Waals surface area contributed by atoms with E-state index in [1.165, 1.54) is 4.90 Å². The highest BCUT2D eigenvalue weighted by Gasteiger charge is 2.34. The van der Waals surface area contributed by atoms with Crippen molar-refractivity contribution in [1.82, 2.24) is 5.32 Å². The van der Waals surface area contributed by atoms with Crippen molar-refractivity contribution in [3.05, 3.63) is 77.9 Å². The van der Waals surface area contributed by atoms with E-state index in [4.69, 9.17) is 30.8 Å². The summed E-state index contributed by atoms with van der Waals surface area (Å²) >= 11 is 5.40. The van der Waals surface area contributed by atoms with Crippen LogP contribution in [0.15, 0.2) is 70.8 Å². The molecule has 3 aromatic rings. The van der Waals surface area contributed by atoms with Gasteiger partial charge in [-0.1, -0.05) is 24.3 Å². The molecule has 32 heavy (non-hydrogen) atoms. The number of thiocarbonyl (C=S) groups is 1. The molecule has 4 rings (SSSR count). The smallest absolute Gasteiger partial charge is 0.281 e. The van der Waals surface area contributed by atoms with Crippen molar-refractivity contribution in [3.8, 4) is 17.2 Å². The first-order valence-corrected chi connectivity index (χ1v) is 10.4. The Morgan fingerprint density at radius 3 is 2.47 bits per heavy atom. The number of amides is 1. The average Bonchev–Trinajstić information content (AvgIpc) is 3.37. The van der Waals surface area contributed by atoms with E-state index in [1.807, 2.05) is 43.3 Å².